The minimum atomic E-state index is 0.126. The molecule has 0 aliphatic rings. The second kappa shape index (κ2) is 2.85. The summed E-state index contributed by atoms with van der Waals surface area (Å²) >= 11 is 3.18. The standard InChI is InChI=1S/C6H6OSe2/c1-4-6(8)5(7)2-3-9-4/h2-3,8H,1H3/p-1. The van der Waals surface area contributed by atoms with Gasteiger partial charge in [-0.25, -0.2) is 0 Å². The molecule has 1 rings (SSSR count). The van der Waals surface area contributed by atoms with Crippen LogP contribution in [-0.2, 0) is 0 Å². The van der Waals surface area contributed by atoms with Crippen LogP contribution in [0.2, 0.25) is 0 Å². The SMILES string of the molecule is Cc1[se]ccc(=O)c1[Se-]. The van der Waals surface area contributed by atoms with Crippen molar-refractivity contribution in [2.24, 2.45) is 0 Å². The van der Waals surface area contributed by atoms with Gasteiger partial charge < -0.3 is 0 Å². The Balaban J connectivity index is 3.43. The van der Waals surface area contributed by atoms with E-state index in [4.69, 9.17) is 0 Å². The van der Waals surface area contributed by atoms with E-state index in [1.165, 1.54) is 4.44 Å². The number of hydrogen-bond acceptors (Lipinski definition) is 1. The maximum absolute atomic E-state index is 10.8. The fourth-order valence-electron chi connectivity index (χ4n) is 0.501. The zero-order chi connectivity index (χ0) is 6.85. The van der Waals surface area contributed by atoms with Crippen LogP contribution < -0.4 is 9.89 Å². The van der Waals surface area contributed by atoms with Crippen LogP contribution in [0.15, 0.2) is 15.8 Å². The molecule has 1 heterocycles. The van der Waals surface area contributed by atoms with Crippen molar-refractivity contribution in [3.05, 3.63) is 25.7 Å². The predicted octanol–water partition coefficient (Wildman–Crippen LogP) is -0.794. The molecule has 0 aromatic carbocycles. The van der Waals surface area contributed by atoms with E-state index in [0.29, 0.717) is 14.5 Å². The topological polar surface area (TPSA) is 17.1 Å². The first-order chi connectivity index (χ1) is 4.22. The van der Waals surface area contributed by atoms with E-state index in [9.17, 15) is 4.79 Å². The molecule has 3 heteroatoms. The van der Waals surface area contributed by atoms with E-state index >= 15 is 0 Å². The Morgan fingerprint density at radius 3 is 2.78 bits per heavy atom. The summed E-state index contributed by atoms with van der Waals surface area (Å²) < 4.78 is 2.02. The van der Waals surface area contributed by atoms with Crippen molar-refractivity contribution in [3.63, 3.8) is 0 Å². The van der Waals surface area contributed by atoms with Crippen LogP contribution in [0.3, 0.4) is 0 Å². The van der Waals surface area contributed by atoms with Crippen molar-refractivity contribution in [2.75, 3.05) is 0 Å². The molecule has 9 heavy (non-hydrogen) atoms. The second-order valence-corrected chi connectivity index (χ2v) is 4.88. The van der Waals surface area contributed by atoms with Crippen LogP contribution >= 0.6 is 0 Å². The summed E-state index contributed by atoms with van der Waals surface area (Å²) in [6, 6.07) is 1.64. The summed E-state index contributed by atoms with van der Waals surface area (Å²) in [5.74, 6) is 0. The van der Waals surface area contributed by atoms with Crippen molar-refractivity contribution >= 4 is 35.0 Å². The summed E-state index contributed by atoms with van der Waals surface area (Å²) in [6.07, 6.45) is 0. The van der Waals surface area contributed by atoms with Gasteiger partial charge in [0.15, 0.2) is 0 Å². The first-order valence-electron chi connectivity index (χ1n) is 2.47. The van der Waals surface area contributed by atoms with Crippen LogP contribution in [0.25, 0.3) is 0 Å². The molecule has 0 unspecified atom stereocenters. The summed E-state index contributed by atoms with van der Waals surface area (Å²) in [4.78, 5) is 12.8. The van der Waals surface area contributed by atoms with Gasteiger partial charge in [-0.05, 0) is 0 Å². The fourth-order valence-corrected chi connectivity index (χ4v) is 2.43. The molecule has 0 aliphatic carbocycles. The van der Waals surface area contributed by atoms with Gasteiger partial charge in [-0.15, -0.1) is 0 Å². The van der Waals surface area contributed by atoms with E-state index in [-0.39, 0.29) is 5.43 Å². The number of aryl methyl sites for hydroxylation is 1. The van der Waals surface area contributed by atoms with Gasteiger partial charge in [0.25, 0.3) is 0 Å². The first kappa shape index (κ1) is 7.30. The Hall–Kier alpha value is 0.189. The van der Waals surface area contributed by atoms with Crippen molar-refractivity contribution in [3.8, 4) is 0 Å². The molecule has 1 nitrogen and oxygen atoms in total. The molecule has 0 aliphatic heterocycles. The Kier molecular flexibility index (Phi) is 2.31. The summed E-state index contributed by atoms with van der Waals surface area (Å²) in [5.41, 5.74) is 0.126. The first-order valence-corrected chi connectivity index (χ1v) is 5.17. The average molecular weight is 251 g/mol. The van der Waals surface area contributed by atoms with Gasteiger partial charge >= 0.3 is 67.6 Å². The fraction of sp³-hybridized carbons (Fsp3) is 0.167. The molecule has 1 aromatic heterocycles. The third kappa shape index (κ3) is 1.56. The molecular weight excluding hydrogens is 246 g/mol. The summed E-state index contributed by atoms with van der Waals surface area (Å²) in [5, 5.41) is 0. The Morgan fingerprint density at radius 2 is 2.33 bits per heavy atom. The third-order valence-corrected chi connectivity index (χ3v) is 4.47. The van der Waals surface area contributed by atoms with E-state index in [1.54, 1.807) is 6.07 Å². The van der Waals surface area contributed by atoms with E-state index in [2.05, 4.69) is 16.0 Å². The van der Waals surface area contributed by atoms with Gasteiger partial charge in [-0.1, -0.05) is 0 Å². The normalized spacial score (nSPS) is 9.44. The minimum absolute atomic E-state index is 0.126. The van der Waals surface area contributed by atoms with Crippen molar-refractivity contribution in [1.29, 1.82) is 0 Å². The molecule has 0 N–H and O–H groups in total. The van der Waals surface area contributed by atoms with E-state index in [1.807, 2.05) is 11.9 Å². The molecule has 1 aromatic rings. The van der Waals surface area contributed by atoms with Crippen LogP contribution in [0, 0.1) is 6.92 Å². The van der Waals surface area contributed by atoms with Gasteiger partial charge in [0, 0.05) is 0 Å². The monoisotopic (exact) mass is 253 g/mol. The zero-order valence-electron chi connectivity index (χ0n) is 4.88. The average Bonchev–Trinajstić information content (AvgIpc) is 1.83. The van der Waals surface area contributed by atoms with E-state index < -0.39 is 0 Å². The second-order valence-electron chi connectivity index (χ2n) is 1.67. The van der Waals surface area contributed by atoms with Crippen LogP contribution in [-0.4, -0.2) is 30.5 Å². The predicted molar refractivity (Wildman–Crippen MR) is 39.8 cm³/mol. The summed E-state index contributed by atoms with van der Waals surface area (Å²) in [6.45, 7) is 1.99. The molecule has 48 valence electrons. The van der Waals surface area contributed by atoms with E-state index in [0.717, 1.165) is 4.46 Å². The Bertz CT molecular complexity index is 264. The molecule has 0 saturated carbocycles. The van der Waals surface area contributed by atoms with Gasteiger partial charge in [0.05, 0.1) is 0 Å². The van der Waals surface area contributed by atoms with Gasteiger partial charge in [-0.2, -0.15) is 0 Å². The molecule has 0 fully saturated rings. The molecule has 0 amide bonds. The molecule has 0 spiro atoms. The maximum atomic E-state index is 10.8. The molecular formula is C6H5OSe2-. The van der Waals surface area contributed by atoms with Gasteiger partial charge in [0.1, 0.15) is 0 Å². The Morgan fingerprint density at radius 1 is 1.67 bits per heavy atom. The van der Waals surface area contributed by atoms with Crippen LogP contribution in [0.5, 0.6) is 0 Å². The number of hydrogen-bond donors (Lipinski definition) is 0. The molecule has 0 bridgehead atoms. The third-order valence-electron chi connectivity index (χ3n) is 1.01. The molecule has 0 atom stereocenters. The zero-order valence-corrected chi connectivity index (χ0v) is 8.31. The van der Waals surface area contributed by atoms with Crippen molar-refractivity contribution in [1.82, 2.24) is 0 Å². The van der Waals surface area contributed by atoms with Crippen molar-refractivity contribution < 1.29 is 0 Å². The Labute approximate surface area is 67.7 Å². The van der Waals surface area contributed by atoms with Crippen LogP contribution in [0.1, 0.15) is 4.44 Å². The van der Waals surface area contributed by atoms with Gasteiger partial charge in [-0.3, -0.25) is 0 Å². The molecule has 0 saturated heterocycles. The molecule has 0 radical (unpaired) electrons. The van der Waals surface area contributed by atoms with Crippen LogP contribution in [0.4, 0.5) is 0 Å². The number of rotatable bonds is 0. The quantitative estimate of drug-likeness (QED) is 0.552. The van der Waals surface area contributed by atoms with Crippen molar-refractivity contribution in [2.45, 2.75) is 6.92 Å². The summed E-state index contributed by atoms with van der Waals surface area (Å²) in [7, 11) is 0. The van der Waals surface area contributed by atoms with Gasteiger partial charge in [0.2, 0.25) is 0 Å².